The van der Waals surface area contributed by atoms with E-state index in [9.17, 15) is 9.18 Å². The molecule has 6 nitrogen and oxygen atoms in total. The van der Waals surface area contributed by atoms with Crippen LogP contribution in [0.15, 0.2) is 46.4 Å². The van der Waals surface area contributed by atoms with Gasteiger partial charge >= 0.3 is 0 Å². The summed E-state index contributed by atoms with van der Waals surface area (Å²) in [6.45, 7) is 0. The molecule has 1 spiro atoms. The highest BCUT2D eigenvalue weighted by atomic mass is 35.5. The number of anilines is 2. The number of aromatic nitrogens is 4. The van der Waals surface area contributed by atoms with E-state index in [0.717, 1.165) is 41.1 Å². The van der Waals surface area contributed by atoms with Gasteiger partial charge in [-0.15, -0.1) is 0 Å². The zero-order valence-corrected chi connectivity index (χ0v) is 15.5. The van der Waals surface area contributed by atoms with Crippen LogP contribution in [0.1, 0.15) is 36.9 Å². The molecule has 0 bridgehead atoms. The van der Waals surface area contributed by atoms with Crippen LogP contribution in [0, 0.1) is 0 Å². The molecule has 140 valence electrons. The zero-order valence-electron chi connectivity index (χ0n) is 14.7. The molecule has 1 aliphatic heterocycles. The summed E-state index contributed by atoms with van der Waals surface area (Å²) in [5.41, 5.74) is 2.57. The maximum absolute atomic E-state index is 14.5. The molecule has 28 heavy (non-hydrogen) atoms. The van der Waals surface area contributed by atoms with E-state index in [0.29, 0.717) is 17.0 Å². The van der Waals surface area contributed by atoms with Gasteiger partial charge in [-0.2, -0.15) is 0 Å². The molecule has 0 unspecified atom stereocenters. The minimum Gasteiger partial charge on any atom is -0.346 e. The highest BCUT2D eigenvalue weighted by Gasteiger charge is 2.61. The normalized spacial score (nSPS) is 19.6. The molecule has 4 heterocycles. The number of allylic oxidation sites excluding steroid dienone is 4. The monoisotopic (exact) mass is 395 g/mol. The van der Waals surface area contributed by atoms with E-state index in [2.05, 4.69) is 24.8 Å². The van der Waals surface area contributed by atoms with E-state index < -0.39 is 0 Å². The van der Waals surface area contributed by atoms with Gasteiger partial charge in [-0.25, -0.2) is 14.4 Å². The lowest BCUT2D eigenvalue weighted by atomic mass is 9.91. The standard InChI is InChI=1S/C20H15ClFN5O/c21-10-1-2-14(22)12(7-10)13-8-15-16(26-19(13)28)20(4-5-20)27(15)18-11-3-6-23-17(11)24-9-25-18/h3,6-9H,1-2,4-5H2,(H,26,28)(H,23,24,25). The van der Waals surface area contributed by atoms with Crippen molar-refractivity contribution < 1.29 is 4.39 Å². The van der Waals surface area contributed by atoms with E-state index in [1.807, 2.05) is 12.3 Å². The first-order valence-corrected chi connectivity index (χ1v) is 9.57. The van der Waals surface area contributed by atoms with Crippen molar-refractivity contribution in [3.63, 3.8) is 0 Å². The minimum atomic E-state index is -0.308. The summed E-state index contributed by atoms with van der Waals surface area (Å²) in [5, 5.41) is 1.47. The van der Waals surface area contributed by atoms with Gasteiger partial charge in [-0.05, 0) is 37.5 Å². The Morgan fingerprint density at radius 2 is 2.11 bits per heavy atom. The summed E-state index contributed by atoms with van der Waals surface area (Å²) < 4.78 is 14.5. The second-order valence-electron chi connectivity index (χ2n) is 7.49. The Hall–Kier alpha value is -2.93. The van der Waals surface area contributed by atoms with Crippen LogP contribution >= 0.6 is 11.6 Å². The second kappa shape index (κ2) is 5.32. The van der Waals surface area contributed by atoms with Crippen molar-refractivity contribution in [2.45, 2.75) is 31.2 Å². The Kier molecular flexibility index (Phi) is 3.05. The van der Waals surface area contributed by atoms with Gasteiger partial charge in [-0.3, -0.25) is 4.79 Å². The third-order valence-electron chi connectivity index (χ3n) is 5.89. The van der Waals surface area contributed by atoms with Crippen molar-refractivity contribution in [2.24, 2.45) is 0 Å². The van der Waals surface area contributed by atoms with Crippen LogP contribution in [0.5, 0.6) is 0 Å². The zero-order chi connectivity index (χ0) is 19.0. The van der Waals surface area contributed by atoms with Gasteiger partial charge in [0.1, 0.15) is 23.6 Å². The predicted octanol–water partition coefficient (Wildman–Crippen LogP) is 4.38. The number of nitrogens with zero attached hydrogens (tertiary/aromatic N) is 3. The van der Waals surface area contributed by atoms with Crippen LogP contribution in [0.2, 0.25) is 0 Å². The lowest BCUT2D eigenvalue weighted by Gasteiger charge is -2.44. The number of aromatic amines is 2. The van der Waals surface area contributed by atoms with Crippen LogP contribution in [-0.2, 0) is 5.54 Å². The lowest BCUT2D eigenvalue weighted by Crippen LogP contribution is -2.45. The van der Waals surface area contributed by atoms with Crippen molar-refractivity contribution in [1.82, 2.24) is 19.9 Å². The largest absolute Gasteiger partial charge is 0.346 e. The molecule has 8 heteroatoms. The molecule has 2 N–H and O–H groups in total. The Balaban J connectivity index is 1.55. The molecule has 0 atom stereocenters. The number of halogens is 2. The maximum atomic E-state index is 14.5. The fourth-order valence-electron chi connectivity index (χ4n) is 4.38. The fourth-order valence-corrected chi connectivity index (χ4v) is 4.58. The minimum absolute atomic E-state index is 0.213. The number of hydrogen-bond acceptors (Lipinski definition) is 4. The molecular weight excluding hydrogens is 381 g/mol. The Bertz CT molecular complexity index is 1280. The number of nitrogens with one attached hydrogen (secondary N) is 2. The Labute approximate surface area is 163 Å². The highest BCUT2D eigenvalue weighted by molar-refractivity contribution is 6.30. The molecule has 3 aromatic rings. The van der Waals surface area contributed by atoms with E-state index in [-0.39, 0.29) is 28.9 Å². The summed E-state index contributed by atoms with van der Waals surface area (Å²) in [6, 6.07) is 3.70. The van der Waals surface area contributed by atoms with Crippen molar-refractivity contribution in [3.05, 3.63) is 63.2 Å². The van der Waals surface area contributed by atoms with Gasteiger partial charge < -0.3 is 14.9 Å². The van der Waals surface area contributed by atoms with Gasteiger partial charge in [0.15, 0.2) is 0 Å². The van der Waals surface area contributed by atoms with Crippen molar-refractivity contribution in [1.29, 1.82) is 0 Å². The topological polar surface area (TPSA) is 77.7 Å². The smallest absolute Gasteiger partial charge is 0.256 e. The van der Waals surface area contributed by atoms with E-state index in [1.54, 1.807) is 12.1 Å². The summed E-state index contributed by atoms with van der Waals surface area (Å²) in [5.74, 6) is 0.484. The number of pyridine rings is 1. The van der Waals surface area contributed by atoms with E-state index in [4.69, 9.17) is 11.6 Å². The third kappa shape index (κ3) is 1.99. The Morgan fingerprint density at radius 1 is 1.25 bits per heavy atom. The number of fused-ring (bicyclic) bond motifs is 3. The third-order valence-corrected chi connectivity index (χ3v) is 6.19. The molecule has 6 rings (SSSR count). The van der Waals surface area contributed by atoms with Gasteiger partial charge in [0, 0.05) is 23.2 Å². The first-order chi connectivity index (χ1) is 13.6. The van der Waals surface area contributed by atoms with Gasteiger partial charge in [0.05, 0.1) is 27.9 Å². The molecule has 0 radical (unpaired) electrons. The Morgan fingerprint density at radius 3 is 2.93 bits per heavy atom. The second-order valence-corrected chi connectivity index (χ2v) is 7.97. The number of rotatable bonds is 2. The van der Waals surface area contributed by atoms with Crippen molar-refractivity contribution in [3.8, 4) is 0 Å². The average molecular weight is 396 g/mol. The molecular formula is C20H15ClFN5O. The molecule has 0 saturated heterocycles. The molecule has 1 saturated carbocycles. The maximum Gasteiger partial charge on any atom is 0.256 e. The van der Waals surface area contributed by atoms with Crippen LogP contribution in [0.25, 0.3) is 16.6 Å². The fraction of sp³-hybridized carbons (Fsp3) is 0.250. The average Bonchev–Trinajstić information content (AvgIpc) is 3.37. The van der Waals surface area contributed by atoms with E-state index in [1.165, 1.54) is 6.33 Å². The molecule has 0 aromatic carbocycles. The summed E-state index contributed by atoms with van der Waals surface area (Å²) in [6.07, 6.45) is 7.47. The van der Waals surface area contributed by atoms with Crippen molar-refractivity contribution >= 4 is 39.7 Å². The highest BCUT2D eigenvalue weighted by Crippen LogP contribution is 2.65. The van der Waals surface area contributed by atoms with Crippen LogP contribution in [-0.4, -0.2) is 19.9 Å². The number of H-pyrrole nitrogens is 2. The molecule has 3 aromatic heterocycles. The molecule has 2 aliphatic carbocycles. The van der Waals surface area contributed by atoms with E-state index >= 15 is 0 Å². The quantitative estimate of drug-likeness (QED) is 0.674. The molecule has 1 fully saturated rings. The summed E-state index contributed by atoms with van der Waals surface area (Å²) in [4.78, 5) is 29.7. The lowest BCUT2D eigenvalue weighted by molar-refractivity contribution is 0.588. The van der Waals surface area contributed by atoms with Gasteiger partial charge in [-0.1, -0.05) is 11.6 Å². The SMILES string of the molecule is O=c1[nH]c2c(cc1C1=C(F)CCC(Cl)=C1)N(c1ncnc3[nH]ccc13)C21CC1. The van der Waals surface area contributed by atoms with Gasteiger partial charge in [0.25, 0.3) is 5.56 Å². The molecule has 3 aliphatic rings. The van der Waals surface area contributed by atoms with Crippen LogP contribution < -0.4 is 10.5 Å². The van der Waals surface area contributed by atoms with Crippen molar-refractivity contribution in [2.75, 3.05) is 4.90 Å². The predicted molar refractivity (Wildman–Crippen MR) is 105 cm³/mol. The van der Waals surface area contributed by atoms with Crippen LogP contribution in [0.4, 0.5) is 15.9 Å². The molecule has 0 amide bonds. The first kappa shape index (κ1) is 16.1. The summed E-state index contributed by atoms with van der Waals surface area (Å²) >= 11 is 6.11. The summed E-state index contributed by atoms with van der Waals surface area (Å²) in [7, 11) is 0. The van der Waals surface area contributed by atoms with Gasteiger partial charge in [0.2, 0.25) is 0 Å². The van der Waals surface area contributed by atoms with Crippen LogP contribution in [0.3, 0.4) is 0 Å². The number of hydrogen-bond donors (Lipinski definition) is 2. The first-order valence-electron chi connectivity index (χ1n) is 9.20.